The maximum Gasteiger partial charge on any atom is 0.417 e. The number of benzene rings is 2. The van der Waals surface area contributed by atoms with Gasteiger partial charge in [-0.2, -0.15) is 13.2 Å². The Morgan fingerprint density at radius 2 is 1.95 bits per heavy atom. The topological polar surface area (TPSA) is 62.7 Å². The zero-order valence-electron chi connectivity index (χ0n) is 22.8. The highest BCUT2D eigenvalue weighted by atomic mass is 32.2. The Balaban J connectivity index is 1.29. The molecule has 1 saturated heterocycles. The molecule has 2 atom stereocenters. The van der Waals surface area contributed by atoms with Crippen LogP contribution in [0.25, 0.3) is 10.9 Å². The molecule has 0 bridgehead atoms. The number of hydrogen-bond donors (Lipinski definition) is 1. The zero-order valence-corrected chi connectivity index (χ0v) is 23.6. The van der Waals surface area contributed by atoms with Crippen molar-refractivity contribution < 1.29 is 27.8 Å². The molecule has 1 aromatic heterocycles. The van der Waals surface area contributed by atoms with Crippen LogP contribution in [0.2, 0.25) is 0 Å². The van der Waals surface area contributed by atoms with Gasteiger partial charge in [-0.3, -0.25) is 9.78 Å². The number of methoxy groups -OCH3 is 1. The second-order valence-corrected chi connectivity index (χ2v) is 11.6. The Hall–Kier alpha value is -2.78. The second-order valence-electron chi connectivity index (χ2n) is 10.5. The van der Waals surface area contributed by atoms with Crippen molar-refractivity contribution in [3.8, 4) is 5.75 Å². The van der Waals surface area contributed by atoms with Crippen LogP contribution >= 0.6 is 11.8 Å². The van der Waals surface area contributed by atoms with Crippen molar-refractivity contribution in [3.05, 3.63) is 65.9 Å². The molecule has 2 heterocycles. The molecule has 3 aromatic rings. The first-order valence-electron chi connectivity index (χ1n) is 13.9. The summed E-state index contributed by atoms with van der Waals surface area (Å²) < 4.78 is 45.2. The standard InChI is InChI=1S/C31H37F3N2O3S/c1-39-25-11-12-28-26(20-25)23(14-16-35-28)7-4-6-22-15-18-36(21-24(22)10-13-30(37)38)17-5-19-40-29-9-3-2-8-27(29)31(32,33)34/h2-3,8-9,11-12,14,16,20,22,24H,4-7,10,13,15,17-19,21H2,1H3,(H,37,38). The Morgan fingerprint density at radius 3 is 2.73 bits per heavy atom. The molecular formula is C31H37F3N2O3S. The van der Waals surface area contributed by atoms with E-state index in [2.05, 4.69) is 16.0 Å². The number of piperidine rings is 1. The number of aryl methyl sites for hydroxylation is 1. The van der Waals surface area contributed by atoms with Crippen molar-refractivity contribution in [2.45, 2.75) is 56.0 Å². The van der Waals surface area contributed by atoms with Crippen LogP contribution in [0.4, 0.5) is 13.2 Å². The van der Waals surface area contributed by atoms with Crippen LogP contribution in [0.3, 0.4) is 0 Å². The first kappa shape index (κ1) is 30.2. The molecule has 0 aliphatic carbocycles. The van der Waals surface area contributed by atoms with Gasteiger partial charge in [0.25, 0.3) is 0 Å². The molecular weight excluding hydrogens is 537 g/mol. The highest BCUT2D eigenvalue weighted by molar-refractivity contribution is 7.99. The largest absolute Gasteiger partial charge is 0.497 e. The van der Waals surface area contributed by atoms with Crippen LogP contribution in [-0.4, -0.2) is 53.5 Å². The molecule has 40 heavy (non-hydrogen) atoms. The Bertz CT molecular complexity index is 1270. The fraction of sp³-hybridized carbons (Fsp3) is 0.484. The minimum absolute atomic E-state index is 0.161. The Morgan fingerprint density at radius 1 is 1.12 bits per heavy atom. The molecule has 0 radical (unpaired) electrons. The summed E-state index contributed by atoms with van der Waals surface area (Å²) in [6, 6.07) is 13.7. The number of halogens is 3. The lowest BCUT2D eigenvalue weighted by Crippen LogP contribution is -2.41. The van der Waals surface area contributed by atoms with E-state index in [0.717, 1.165) is 74.5 Å². The van der Waals surface area contributed by atoms with Gasteiger partial charge in [0.2, 0.25) is 0 Å². The molecule has 216 valence electrons. The van der Waals surface area contributed by atoms with Gasteiger partial charge in [-0.25, -0.2) is 0 Å². The second kappa shape index (κ2) is 14.2. The van der Waals surface area contributed by atoms with Crippen molar-refractivity contribution in [2.75, 3.05) is 32.5 Å². The lowest BCUT2D eigenvalue weighted by atomic mass is 9.79. The van der Waals surface area contributed by atoms with Gasteiger partial charge in [0.15, 0.2) is 0 Å². The SMILES string of the molecule is COc1ccc2nccc(CCCC3CCN(CCCSc4ccccc4C(F)(F)F)CC3CCC(=O)O)c2c1. The van der Waals surface area contributed by atoms with Crippen molar-refractivity contribution in [1.29, 1.82) is 0 Å². The maximum atomic E-state index is 13.3. The number of carboxylic acid groups (broad SMARTS) is 1. The van der Waals surface area contributed by atoms with E-state index in [9.17, 15) is 23.1 Å². The molecule has 0 spiro atoms. The van der Waals surface area contributed by atoms with Crippen LogP contribution < -0.4 is 4.74 Å². The summed E-state index contributed by atoms with van der Waals surface area (Å²) in [4.78, 5) is 18.4. The van der Waals surface area contributed by atoms with E-state index in [4.69, 9.17) is 4.74 Å². The smallest absolute Gasteiger partial charge is 0.417 e. The minimum Gasteiger partial charge on any atom is -0.497 e. The molecule has 1 fully saturated rings. The average Bonchev–Trinajstić information content (AvgIpc) is 2.94. The summed E-state index contributed by atoms with van der Waals surface area (Å²) in [5.41, 5.74) is 1.62. The van der Waals surface area contributed by atoms with Gasteiger partial charge in [-0.1, -0.05) is 12.1 Å². The number of rotatable bonds is 13. The molecule has 2 unspecified atom stereocenters. The highest BCUT2D eigenvalue weighted by Crippen LogP contribution is 2.37. The van der Waals surface area contributed by atoms with E-state index in [1.54, 1.807) is 13.2 Å². The molecule has 2 aromatic carbocycles. The number of thioether (sulfide) groups is 1. The molecule has 1 aliphatic rings. The number of nitrogens with zero attached hydrogens (tertiary/aromatic N) is 2. The van der Waals surface area contributed by atoms with Crippen LogP contribution in [0.5, 0.6) is 5.75 Å². The van der Waals surface area contributed by atoms with Gasteiger partial charge < -0.3 is 14.7 Å². The third kappa shape index (κ3) is 8.36. The minimum atomic E-state index is -4.35. The summed E-state index contributed by atoms with van der Waals surface area (Å²) in [5.74, 6) is 1.42. The average molecular weight is 575 g/mol. The van der Waals surface area contributed by atoms with E-state index in [0.29, 0.717) is 24.0 Å². The number of fused-ring (bicyclic) bond motifs is 1. The van der Waals surface area contributed by atoms with E-state index >= 15 is 0 Å². The quantitative estimate of drug-likeness (QED) is 0.168. The Labute approximate surface area is 238 Å². The third-order valence-corrected chi connectivity index (χ3v) is 8.99. The normalized spacial score (nSPS) is 18.2. The van der Waals surface area contributed by atoms with E-state index < -0.39 is 17.7 Å². The highest BCUT2D eigenvalue weighted by Gasteiger charge is 2.33. The van der Waals surface area contributed by atoms with Gasteiger partial charge in [-0.05, 0) is 111 Å². The van der Waals surface area contributed by atoms with Crippen molar-refractivity contribution in [2.24, 2.45) is 11.8 Å². The molecule has 0 amide bonds. The monoisotopic (exact) mass is 574 g/mol. The van der Waals surface area contributed by atoms with Gasteiger partial charge in [0.05, 0.1) is 18.2 Å². The van der Waals surface area contributed by atoms with Crippen LogP contribution in [0.15, 0.2) is 59.6 Å². The molecule has 5 nitrogen and oxygen atoms in total. The lowest BCUT2D eigenvalue weighted by Gasteiger charge is -2.39. The molecule has 4 rings (SSSR count). The first-order valence-corrected chi connectivity index (χ1v) is 14.9. The number of alkyl halides is 3. The van der Waals surface area contributed by atoms with Gasteiger partial charge in [0.1, 0.15) is 5.75 Å². The van der Waals surface area contributed by atoms with Gasteiger partial charge in [0, 0.05) is 29.4 Å². The lowest BCUT2D eigenvalue weighted by molar-refractivity contribution is -0.140. The summed E-state index contributed by atoms with van der Waals surface area (Å²) in [6.45, 7) is 2.59. The van der Waals surface area contributed by atoms with Crippen LogP contribution in [-0.2, 0) is 17.4 Å². The van der Waals surface area contributed by atoms with Gasteiger partial charge >= 0.3 is 12.1 Å². The van der Waals surface area contributed by atoms with Crippen LogP contribution in [0.1, 0.15) is 49.7 Å². The predicted molar refractivity (Wildman–Crippen MR) is 153 cm³/mol. The summed E-state index contributed by atoms with van der Waals surface area (Å²) >= 11 is 1.25. The van der Waals surface area contributed by atoms with Crippen molar-refractivity contribution in [3.63, 3.8) is 0 Å². The molecule has 1 N–H and O–H groups in total. The number of ether oxygens (including phenoxy) is 1. The van der Waals surface area contributed by atoms with E-state index in [-0.39, 0.29) is 11.3 Å². The van der Waals surface area contributed by atoms with Crippen molar-refractivity contribution in [1.82, 2.24) is 9.88 Å². The number of carboxylic acids is 1. The molecule has 0 saturated carbocycles. The number of aromatic nitrogens is 1. The molecule has 1 aliphatic heterocycles. The summed E-state index contributed by atoms with van der Waals surface area (Å²) in [7, 11) is 1.66. The van der Waals surface area contributed by atoms with Gasteiger partial charge in [-0.15, -0.1) is 11.8 Å². The van der Waals surface area contributed by atoms with E-state index in [1.165, 1.54) is 29.5 Å². The summed E-state index contributed by atoms with van der Waals surface area (Å²) in [6.07, 6.45) is 3.08. The third-order valence-electron chi connectivity index (χ3n) is 7.83. The number of aliphatic carboxylic acids is 1. The van der Waals surface area contributed by atoms with E-state index in [1.807, 2.05) is 24.4 Å². The number of pyridine rings is 1. The van der Waals surface area contributed by atoms with Crippen LogP contribution in [0, 0.1) is 11.8 Å². The number of carbonyl (C=O) groups is 1. The predicted octanol–water partition coefficient (Wildman–Crippen LogP) is 7.57. The Kier molecular flexibility index (Phi) is 10.7. The molecule has 9 heteroatoms. The fourth-order valence-electron chi connectivity index (χ4n) is 5.75. The zero-order chi connectivity index (χ0) is 28.5. The number of hydrogen-bond acceptors (Lipinski definition) is 5. The van der Waals surface area contributed by atoms with Crippen molar-refractivity contribution >= 4 is 28.6 Å². The maximum absolute atomic E-state index is 13.3. The first-order chi connectivity index (χ1) is 19.2. The summed E-state index contributed by atoms with van der Waals surface area (Å²) in [5, 5.41) is 10.4. The number of likely N-dealkylation sites (tertiary alicyclic amines) is 1. The fourth-order valence-corrected chi connectivity index (χ4v) is 6.76.